The van der Waals surface area contributed by atoms with Gasteiger partial charge in [0.15, 0.2) is 11.5 Å². The Bertz CT molecular complexity index is 552. The molecular weight excluding hydrogens is 256 g/mol. The molecule has 3 aliphatic heterocycles. The van der Waals surface area contributed by atoms with Crippen LogP contribution >= 0.6 is 0 Å². The maximum atomic E-state index is 12.1. The predicted octanol–water partition coefficient (Wildman–Crippen LogP) is 2.14. The lowest BCUT2D eigenvalue weighted by atomic mass is 10.2. The van der Waals surface area contributed by atoms with E-state index in [1.54, 1.807) is 0 Å². The number of hydrogen-bond acceptors (Lipinski definition) is 4. The first-order valence-electron chi connectivity index (χ1n) is 7.32. The molecule has 1 aromatic rings. The quantitative estimate of drug-likeness (QED) is 0.828. The molecule has 3 aliphatic rings. The van der Waals surface area contributed by atoms with Crippen LogP contribution in [0.4, 0.5) is 11.4 Å². The minimum Gasteiger partial charge on any atom is -0.454 e. The number of carbonyl (C=O) groups is 1. The molecule has 20 heavy (non-hydrogen) atoms. The monoisotopic (exact) mass is 274 g/mol. The number of rotatable bonds is 2. The SMILES string of the molecule is O=C1CCCN1c1cc2c(cc1N1CCCC1)OCO2. The summed E-state index contributed by atoms with van der Waals surface area (Å²) in [4.78, 5) is 16.3. The first-order valence-corrected chi connectivity index (χ1v) is 7.32. The summed E-state index contributed by atoms with van der Waals surface area (Å²) < 4.78 is 11.0. The maximum Gasteiger partial charge on any atom is 0.231 e. The Labute approximate surface area is 118 Å². The van der Waals surface area contributed by atoms with Crippen molar-refractivity contribution in [3.8, 4) is 11.5 Å². The summed E-state index contributed by atoms with van der Waals surface area (Å²) in [5.74, 6) is 1.76. The van der Waals surface area contributed by atoms with E-state index < -0.39 is 0 Å². The van der Waals surface area contributed by atoms with E-state index in [0.717, 1.165) is 48.9 Å². The van der Waals surface area contributed by atoms with Crippen molar-refractivity contribution >= 4 is 17.3 Å². The number of anilines is 2. The van der Waals surface area contributed by atoms with E-state index in [2.05, 4.69) is 4.90 Å². The smallest absolute Gasteiger partial charge is 0.231 e. The van der Waals surface area contributed by atoms with Gasteiger partial charge in [-0.25, -0.2) is 0 Å². The molecule has 1 aromatic carbocycles. The molecule has 4 rings (SSSR count). The Kier molecular flexibility index (Phi) is 2.72. The lowest BCUT2D eigenvalue weighted by molar-refractivity contribution is -0.117. The van der Waals surface area contributed by atoms with Crippen LogP contribution in [0, 0.1) is 0 Å². The van der Waals surface area contributed by atoms with Gasteiger partial charge in [0.05, 0.1) is 11.4 Å². The van der Waals surface area contributed by atoms with Gasteiger partial charge in [0.1, 0.15) is 0 Å². The average molecular weight is 274 g/mol. The van der Waals surface area contributed by atoms with Crippen molar-refractivity contribution in [2.45, 2.75) is 25.7 Å². The molecule has 0 atom stereocenters. The van der Waals surface area contributed by atoms with Crippen LogP contribution in [0.1, 0.15) is 25.7 Å². The summed E-state index contributed by atoms with van der Waals surface area (Å²) in [6, 6.07) is 4.01. The molecule has 0 saturated carbocycles. The zero-order valence-electron chi connectivity index (χ0n) is 11.4. The fourth-order valence-corrected chi connectivity index (χ4v) is 3.25. The fourth-order valence-electron chi connectivity index (χ4n) is 3.25. The molecule has 0 unspecified atom stereocenters. The molecule has 0 aromatic heterocycles. The summed E-state index contributed by atoms with van der Waals surface area (Å²) in [6.45, 7) is 3.18. The van der Waals surface area contributed by atoms with Crippen molar-refractivity contribution in [3.63, 3.8) is 0 Å². The van der Waals surface area contributed by atoms with Crippen LogP contribution in [0.25, 0.3) is 0 Å². The van der Waals surface area contributed by atoms with Gasteiger partial charge in [0, 0.05) is 38.2 Å². The number of hydrogen-bond donors (Lipinski definition) is 0. The summed E-state index contributed by atoms with van der Waals surface area (Å²) in [5.41, 5.74) is 2.10. The van der Waals surface area contributed by atoms with E-state index in [1.165, 1.54) is 12.8 Å². The van der Waals surface area contributed by atoms with Crippen molar-refractivity contribution in [1.29, 1.82) is 0 Å². The Morgan fingerprint density at radius 1 is 0.900 bits per heavy atom. The first kappa shape index (κ1) is 11.9. The van der Waals surface area contributed by atoms with Crippen molar-refractivity contribution in [3.05, 3.63) is 12.1 Å². The van der Waals surface area contributed by atoms with Crippen molar-refractivity contribution < 1.29 is 14.3 Å². The Hall–Kier alpha value is -1.91. The second-order valence-corrected chi connectivity index (χ2v) is 5.54. The predicted molar refractivity (Wildman–Crippen MR) is 75.6 cm³/mol. The molecule has 3 heterocycles. The van der Waals surface area contributed by atoms with E-state index >= 15 is 0 Å². The standard InChI is InChI=1S/C15H18N2O3/c18-15-4-3-7-17(15)12-9-14-13(19-10-20-14)8-11(12)16-5-1-2-6-16/h8-9H,1-7,10H2. The lowest BCUT2D eigenvalue weighted by Crippen LogP contribution is -2.27. The van der Waals surface area contributed by atoms with E-state index in [-0.39, 0.29) is 12.7 Å². The number of benzene rings is 1. The Morgan fingerprint density at radius 3 is 2.25 bits per heavy atom. The molecule has 5 heteroatoms. The average Bonchev–Trinajstić information content (AvgIpc) is 3.18. The lowest BCUT2D eigenvalue weighted by Gasteiger charge is -2.26. The molecule has 106 valence electrons. The van der Waals surface area contributed by atoms with Gasteiger partial charge < -0.3 is 19.3 Å². The second-order valence-electron chi connectivity index (χ2n) is 5.54. The Morgan fingerprint density at radius 2 is 1.60 bits per heavy atom. The minimum absolute atomic E-state index is 0.212. The number of ether oxygens (including phenoxy) is 2. The zero-order chi connectivity index (χ0) is 13.5. The minimum atomic E-state index is 0.212. The van der Waals surface area contributed by atoms with Crippen molar-refractivity contribution in [1.82, 2.24) is 0 Å². The van der Waals surface area contributed by atoms with Crippen LogP contribution in [0.2, 0.25) is 0 Å². The molecule has 1 amide bonds. The zero-order valence-corrected chi connectivity index (χ0v) is 11.4. The summed E-state index contributed by atoms with van der Waals surface area (Å²) in [7, 11) is 0. The van der Waals surface area contributed by atoms with Crippen LogP contribution in [-0.2, 0) is 4.79 Å². The highest BCUT2D eigenvalue weighted by Crippen LogP contribution is 2.44. The number of amides is 1. The van der Waals surface area contributed by atoms with Gasteiger partial charge in [-0.3, -0.25) is 4.79 Å². The van der Waals surface area contributed by atoms with Gasteiger partial charge in [-0.15, -0.1) is 0 Å². The van der Waals surface area contributed by atoms with E-state index in [1.807, 2.05) is 17.0 Å². The van der Waals surface area contributed by atoms with Crippen LogP contribution in [0.5, 0.6) is 11.5 Å². The van der Waals surface area contributed by atoms with E-state index in [4.69, 9.17) is 9.47 Å². The van der Waals surface area contributed by atoms with Crippen molar-refractivity contribution in [2.24, 2.45) is 0 Å². The Balaban J connectivity index is 1.80. The van der Waals surface area contributed by atoms with E-state index in [9.17, 15) is 4.79 Å². The number of fused-ring (bicyclic) bond motifs is 1. The van der Waals surface area contributed by atoms with Gasteiger partial charge >= 0.3 is 0 Å². The second kappa shape index (κ2) is 4.58. The first-order chi connectivity index (χ1) is 9.83. The third-order valence-corrected chi connectivity index (χ3v) is 4.28. The highest BCUT2D eigenvalue weighted by Gasteiger charge is 2.29. The van der Waals surface area contributed by atoms with Gasteiger partial charge in [0.2, 0.25) is 12.7 Å². The highest BCUT2D eigenvalue weighted by atomic mass is 16.7. The maximum absolute atomic E-state index is 12.1. The third-order valence-electron chi connectivity index (χ3n) is 4.28. The highest BCUT2D eigenvalue weighted by molar-refractivity contribution is 5.99. The number of carbonyl (C=O) groups excluding carboxylic acids is 1. The van der Waals surface area contributed by atoms with E-state index in [0.29, 0.717) is 6.42 Å². The molecule has 2 saturated heterocycles. The van der Waals surface area contributed by atoms with Crippen LogP contribution in [0.15, 0.2) is 12.1 Å². The normalized spacial score (nSPS) is 21.1. The van der Waals surface area contributed by atoms with Gasteiger partial charge in [-0.05, 0) is 19.3 Å². The summed E-state index contributed by atoms with van der Waals surface area (Å²) in [5, 5.41) is 0. The third kappa shape index (κ3) is 1.80. The summed E-state index contributed by atoms with van der Waals surface area (Å²) in [6.07, 6.45) is 4.00. The fraction of sp³-hybridized carbons (Fsp3) is 0.533. The van der Waals surface area contributed by atoms with Crippen LogP contribution < -0.4 is 19.3 Å². The molecule has 0 aliphatic carbocycles. The van der Waals surface area contributed by atoms with Gasteiger partial charge in [-0.2, -0.15) is 0 Å². The molecule has 0 radical (unpaired) electrons. The molecule has 5 nitrogen and oxygen atoms in total. The van der Waals surface area contributed by atoms with Gasteiger partial charge in [0.25, 0.3) is 0 Å². The largest absolute Gasteiger partial charge is 0.454 e. The topological polar surface area (TPSA) is 42.0 Å². The van der Waals surface area contributed by atoms with Crippen LogP contribution in [0.3, 0.4) is 0 Å². The molecule has 0 spiro atoms. The van der Waals surface area contributed by atoms with Crippen LogP contribution in [-0.4, -0.2) is 32.3 Å². The molecule has 0 bridgehead atoms. The van der Waals surface area contributed by atoms with Crippen molar-refractivity contribution in [2.75, 3.05) is 36.2 Å². The number of nitrogens with zero attached hydrogens (tertiary/aromatic N) is 2. The summed E-state index contributed by atoms with van der Waals surface area (Å²) >= 11 is 0. The molecule has 2 fully saturated rings. The molecule has 0 N–H and O–H groups in total. The van der Waals surface area contributed by atoms with Gasteiger partial charge in [-0.1, -0.05) is 0 Å². The molecular formula is C15H18N2O3.